The lowest BCUT2D eigenvalue weighted by atomic mass is 9.99. The summed E-state index contributed by atoms with van der Waals surface area (Å²) in [7, 11) is 1.94. The van der Waals surface area contributed by atoms with E-state index in [1.165, 1.54) is 0 Å². The number of aliphatic carboxylic acids is 1. The van der Waals surface area contributed by atoms with Crippen molar-refractivity contribution in [3.8, 4) is 0 Å². The first-order valence-corrected chi connectivity index (χ1v) is 6.92. The molecule has 1 saturated heterocycles. The number of carboxylic acids is 1. The predicted molar refractivity (Wildman–Crippen MR) is 76.3 cm³/mol. The van der Waals surface area contributed by atoms with E-state index in [-0.39, 0.29) is 11.8 Å². The van der Waals surface area contributed by atoms with Crippen molar-refractivity contribution in [1.82, 2.24) is 14.7 Å². The van der Waals surface area contributed by atoms with Crippen LogP contribution in [-0.2, 0) is 18.4 Å². The largest absolute Gasteiger partial charge is 0.481 e. The first-order valence-electron chi connectivity index (χ1n) is 6.92. The molecule has 2 atom stereocenters. The third-order valence-electron chi connectivity index (χ3n) is 4.21. The lowest BCUT2D eigenvalue weighted by molar-refractivity contribution is -0.142. The first kappa shape index (κ1) is 13.1. The Morgan fingerprint density at radius 1 is 1.40 bits per heavy atom. The van der Waals surface area contributed by atoms with E-state index in [4.69, 9.17) is 0 Å². The van der Waals surface area contributed by atoms with Crippen LogP contribution in [0.25, 0.3) is 10.9 Å². The van der Waals surface area contributed by atoms with Crippen molar-refractivity contribution in [1.29, 1.82) is 0 Å². The maximum absolute atomic E-state index is 11.2. The van der Waals surface area contributed by atoms with Gasteiger partial charge >= 0.3 is 5.97 Å². The van der Waals surface area contributed by atoms with Gasteiger partial charge in [-0.2, -0.15) is 5.10 Å². The van der Waals surface area contributed by atoms with Gasteiger partial charge in [0.1, 0.15) is 0 Å². The van der Waals surface area contributed by atoms with Gasteiger partial charge in [0.15, 0.2) is 0 Å². The van der Waals surface area contributed by atoms with E-state index in [0.717, 1.165) is 29.7 Å². The van der Waals surface area contributed by atoms with E-state index >= 15 is 0 Å². The zero-order valence-corrected chi connectivity index (χ0v) is 11.8. The van der Waals surface area contributed by atoms with Crippen molar-refractivity contribution < 1.29 is 9.90 Å². The first-order chi connectivity index (χ1) is 9.56. The number of hydrogen-bond donors (Lipinski definition) is 1. The van der Waals surface area contributed by atoms with Crippen LogP contribution in [0.1, 0.15) is 12.6 Å². The van der Waals surface area contributed by atoms with Gasteiger partial charge in [-0.1, -0.05) is 25.1 Å². The molecule has 1 aliphatic rings. The number of rotatable bonds is 3. The molecule has 20 heavy (non-hydrogen) atoms. The standard InChI is InChI=1S/C15H19N3O2/c1-10-7-18(8-12(10)15(19)20)9-13-11-5-3-4-6-14(11)17(2)16-13/h3-6,10,12H,7-9H2,1-2H3,(H,19,20)/t10-,12-/m1/s1. The number of carbonyl (C=O) groups is 1. The number of aromatic nitrogens is 2. The topological polar surface area (TPSA) is 58.4 Å². The molecule has 3 rings (SSSR count). The quantitative estimate of drug-likeness (QED) is 0.925. The SMILES string of the molecule is C[C@@H]1CN(Cc2nn(C)c3ccccc23)C[C@H]1C(=O)O. The number of benzene rings is 1. The van der Waals surface area contributed by atoms with E-state index in [1.54, 1.807) is 0 Å². The summed E-state index contributed by atoms with van der Waals surface area (Å²) in [6, 6.07) is 8.15. The van der Waals surface area contributed by atoms with Crippen molar-refractivity contribution in [3.05, 3.63) is 30.0 Å². The van der Waals surface area contributed by atoms with E-state index in [0.29, 0.717) is 6.54 Å². The molecule has 106 valence electrons. The Morgan fingerprint density at radius 3 is 2.85 bits per heavy atom. The van der Waals surface area contributed by atoms with Crippen LogP contribution < -0.4 is 0 Å². The van der Waals surface area contributed by atoms with Gasteiger partial charge in [-0.3, -0.25) is 14.4 Å². The lowest BCUT2D eigenvalue weighted by Crippen LogP contribution is -2.23. The second kappa shape index (κ2) is 4.90. The van der Waals surface area contributed by atoms with Gasteiger partial charge in [0.2, 0.25) is 0 Å². The maximum atomic E-state index is 11.2. The van der Waals surface area contributed by atoms with Gasteiger partial charge < -0.3 is 5.11 Å². The van der Waals surface area contributed by atoms with Crippen molar-refractivity contribution in [2.75, 3.05) is 13.1 Å². The summed E-state index contributed by atoms with van der Waals surface area (Å²) in [6.07, 6.45) is 0. The minimum atomic E-state index is -0.689. The number of likely N-dealkylation sites (tertiary alicyclic amines) is 1. The minimum absolute atomic E-state index is 0.197. The minimum Gasteiger partial charge on any atom is -0.481 e. The molecule has 1 N–H and O–H groups in total. The Balaban J connectivity index is 1.83. The summed E-state index contributed by atoms with van der Waals surface area (Å²) in [6.45, 7) is 4.16. The van der Waals surface area contributed by atoms with Gasteiger partial charge in [0, 0.05) is 32.1 Å². The van der Waals surface area contributed by atoms with Crippen LogP contribution in [0.15, 0.2) is 24.3 Å². The number of para-hydroxylation sites is 1. The fourth-order valence-electron chi connectivity index (χ4n) is 3.14. The normalized spacial score (nSPS) is 23.5. The number of aryl methyl sites for hydroxylation is 1. The molecule has 1 aliphatic heterocycles. The van der Waals surface area contributed by atoms with Crippen molar-refractivity contribution in [3.63, 3.8) is 0 Å². The molecule has 0 aliphatic carbocycles. The molecular formula is C15H19N3O2. The Labute approximate surface area is 117 Å². The van der Waals surface area contributed by atoms with E-state index < -0.39 is 5.97 Å². The fourth-order valence-corrected chi connectivity index (χ4v) is 3.14. The molecule has 1 aromatic carbocycles. The highest BCUT2D eigenvalue weighted by Gasteiger charge is 2.34. The van der Waals surface area contributed by atoms with Crippen molar-refractivity contribution >= 4 is 16.9 Å². The second-order valence-corrected chi connectivity index (χ2v) is 5.70. The van der Waals surface area contributed by atoms with Crippen molar-refractivity contribution in [2.45, 2.75) is 13.5 Å². The summed E-state index contributed by atoms with van der Waals surface area (Å²) in [5, 5.41) is 14.9. The van der Waals surface area contributed by atoms with Gasteiger partial charge in [-0.15, -0.1) is 0 Å². The van der Waals surface area contributed by atoms with Crippen LogP contribution >= 0.6 is 0 Å². The molecule has 2 heterocycles. The average Bonchev–Trinajstić information content (AvgIpc) is 2.92. The van der Waals surface area contributed by atoms with E-state index in [9.17, 15) is 9.90 Å². The molecule has 0 spiro atoms. The molecular weight excluding hydrogens is 254 g/mol. The number of hydrogen-bond acceptors (Lipinski definition) is 3. The number of carboxylic acid groups (broad SMARTS) is 1. The Hall–Kier alpha value is -1.88. The molecule has 0 saturated carbocycles. The molecule has 1 aromatic heterocycles. The van der Waals surface area contributed by atoms with Crippen LogP contribution in [0.4, 0.5) is 0 Å². The average molecular weight is 273 g/mol. The van der Waals surface area contributed by atoms with E-state index in [1.807, 2.05) is 30.8 Å². The van der Waals surface area contributed by atoms with Gasteiger partial charge in [-0.05, 0) is 12.0 Å². The van der Waals surface area contributed by atoms with Crippen LogP contribution in [-0.4, -0.2) is 38.8 Å². The summed E-state index contributed by atoms with van der Waals surface area (Å²) < 4.78 is 1.89. The summed E-state index contributed by atoms with van der Waals surface area (Å²) in [5.41, 5.74) is 2.14. The van der Waals surface area contributed by atoms with E-state index in [2.05, 4.69) is 22.1 Å². The van der Waals surface area contributed by atoms with Gasteiger partial charge in [0.25, 0.3) is 0 Å². The third kappa shape index (κ3) is 2.18. The molecule has 5 nitrogen and oxygen atoms in total. The molecule has 1 fully saturated rings. The second-order valence-electron chi connectivity index (χ2n) is 5.70. The summed E-state index contributed by atoms with van der Waals surface area (Å²) >= 11 is 0. The third-order valence-corrected chi connectivity index (χ3v) is 4.21. The van der Waals surface area contributed by atoms with Gasteiger partial charge in [0.05, 0.1) is 17.1 Å². The zero-order valence-electron chi connectivity index (χ0n) is 11.8. The van der Waals surface area contributed by atoms with Crippen LogP contribution in [0.2, 0.25) is 0 Å². The Kier molecular flexibility index (Phi) is 3.22. The molecule has 2 aromatic rings. The highest BCUT2D eigenvalue weighted by molar-refractivity contribution is 5.81. The van der Waals surface area contributed by atoms with Crippen LogP contribution in [0.5, 0.6) is 0 Å². The monoisotopic (exact) mass is 273 g/mol. The van der Waals surface area contributed by atoms with Crippen LogP contribution in [0.3, 0.4) is 0 Å². The van der Waals surface area contributed by atoms with Crippen LogP contribution in [0, 0.1) is 11.8 Å². The lowest BCUT2D eigenvalue weighted by Gasteiger charge is -2.13. The number of fused-ring (bicyclic) bond motifs is 1. The zero-order chi connectivity index (χ0) is 14.3. The number of nitrogens with zero attached hydrogens (tertiary/aromatic N) is 3. The maximum Gasteiger partial charge on any atom is 0.308 e. The summed E-state index contributed by atoms with van der Waals surface area (Å²) in [5.74, 6) is -0.752. The molecule has 0 amide bonds. The molecule has 0 radical (unpaired) electrons. The highest BCUT2D eigenvalue weighted by atomic mass is 16.4. The highest BCUT2D eigenvalue weighted by Crippen LogP contribution is 2.26. The predicted octanol–water partition coefficient (Wildman–Crippen LogP) is 1.73. The summed E-state index contributed by atoms with van der Waals surface area (Å²) in [4.78, 5) is 13.4. The Bertz CT molecular complexity index is 650. The molecule has 0 unspecified atom stereocenters. The van der Waals surface area contributed by atoms with Crippen molar-refractivity contribution in [2.24, 2.45) is 18.9 Å². The fraction of sp³-hybridized carbons (Fsp3) is 0.467. The molecule has 5 heteroatoms. The Morgan fingerprint density at radius 2 is 2.15 bits per heavy atom. The molecule has 0 bridgehead atoms. The smallest absolute Gasteiger partial charge is 0.308 e. The van der Waals surface area contributed by atoms with Gasteiger partial charge in [-0.25, -0.2) is 0 Å².